The van der Waals surface area contributed by atoms with Crippen molar-refractivity contribution in [3.05, 3.63) is 41.7 Å². The van der Waals surface area contributed by atoms with Crippen LogP contribution in [-0.2, 0) is 11.3 Å². The zero-order chi connectivity index (χ0) is 17.1. The van der Waals surface area contributed by atoms with Gasteiger partial charge in [-0.2, -0.15) is 5.10 Å². The summed E-state index contributed by atoms with van der Waals surface area (Å²) >= 11 is 1.31. The van der Waals surface area contributed by atoms with E-state index in [0.29, 0.717) is 35.1 Å². The Labute approximate surface area is 142 Å². The molecule has 3 rings (SSSR count). The van der Waals surface area contributed by atoms with Gasteiger partial charge in [0.15, 0.2) is 5.13 Å². The number of aryl methyl sites for hydroxylation is 1. The fourth-order valence-corrected chi connectivity index (χ4v) is 3.16. The third-order valence-electron chi connectivity index (χ3n) is 3.37. The van der Waals surface area contributed by atoms with Gasteiger partial charge in [0, 0.05) is 12.7 Å². The fraction of sp³-hybridized carbons (Fsp3) is 0.250. The van der Waals surface area contributed by atoms with Crippen molar-refractivity contribution in [2.24, 2.45) is 0 Å². The molecule has 1 N–H and O–H groups in total. The summed E-state index contributed by atoms with van der Waals surface area (Å²) in [5, 5.41) is 7.32. The number of esters is 1. The Bertz CT molecular complexity index is 900. The standard InChI is InChI=1S/C16H16N4O3S/c1-3-20-12(7-8-17-20)14(21)19-16-18-11-6-5-10(9-13(11)24-16)15(22)23-4-2/h5-9H,3-4H2,1-2H3,(H,18,19,21). The molecule has 0 spiro atoms. The van der Waals surface area contributed by atoms with Crippen molar-refractivity contribution in [3.63, 3.8) is 0 Å². The predicted octanol–water partition coefficient (Wildman–Crippen LogP) is 2.94. The Morgan fingerprint density at radius 3 is 2.88 bits per heavy atom. The highest BCUT2D eigenvalue weighted by atomic mass is 32.1. The molecule has 124 valence electrons. The number of aromatic nitrogens is 3. The minimum Gasteiger partial charge on any atom is -0.462 e. The number of amides is 1. The van der Waals surface area contributed by atoms with Gasteiger partial charge in [0.1, 0.15) is 5.69 Å². The van der Waals surface area contributed by atoms with Crippen LogP contribution in [0.1, 0.15) is 34.7 Å². The Morgan fingerprint density at radius 2 is 2.12 bits per heavy atom. The van der Waals surface area contributed by atoms with E-state index in [-0.39, 0.29) is 11.9 Å². The highest BCUT2D eigenvalue weighted by molar-refractivity contribution is 7.22. The second-order valence-electron chi connectivity index (χ2n) is 4.91. The van der Waals surface area contributed by atoms with Crippen molar-refractivity contribution in [2.45, 2.75) is 20.4 Å². The Morgan fingerprint density at radius 1 is 1.29 bits per heavy atom. The molecule has 7 nitrogen and oxygen atoms in total. The number of hydrogen-bond donors (Lipinski definition) is 1. The average Bonchev–Trinajstić information content (AvgIpc) is 3.20. The molecule has 1 amide bonds. The second kappa shape index (κ2) is 6.79. The number of benzene rings is 1. The lowest BCUT2D eigenvalue weighted by Crippen LogP contribution is -2.17. The highest BCUT2D eigenvalue weighted by Gasteiger charge is 2.15. The third-order valence-corrected chi connectivity index (χ3v) is 4.30. The number of ether oxygens (including phenoxy) is 1. The second-order valence-corrected chi connectivity index (χ2v) is 5.94. The number of hydrogen-bond acceptors (Lipinski definition) is 6. The van der Waals surface area contributed by atoms with Gasteiger partial charge in [-0.25, -0.2) is 9.78 Å². The number of thiazole rings is 1. The summed E-state index contributed by atoms with van der Waals surface area (Å²) < 4.78 is 7.41. The largest absolute Gasteiger partial charge is 0.462 e. The van der Waals surface area contributed by atoms with E-state index in [1.807, 2.05) is 6.92 Å². The van der Waals surface area contributed by atoms with E-state index < -0.39 is 0 Å². The first-order valence-electron chi connectivity index (χ1n) is 7.53. The molecule has 0 aliphatic rings. The van der Waals surface area contributed by atoms with Crippen molar-refractivity contribution in [2.75, 3.05) is 11.9 Å². The molecule has 0 saturated heterocycles. The van der Waals surface area contributed by atoms with E-state index in [9.17, 15) is 9.59 Å². The summed E-state index contributed by atoms with van der Waals surface area (Å²) in [5.41, 5.74) is 1.66. The Kier molecular flexibility index (Phi) is 4.57. The van der Waals surface area contributed by atoms with Gasteiger partial charge < -0.3 is 4.74 Å². The van der Waals surface area contributed by atoms with E-state index >= 15 is 0 Å². The average molecular weight is 344 g/mol. The lowest BCUT2D eigenvalue weighted by Gasteiger charge is -2.03. The fourth-order valence-electron chi connectivity index (χ4n) is 2.26. The van der Waals surface area contributed by atoms with Gasteiger partial charge in [-0.15, -0.1) is 0 Å². The summed E-state index contributed by atoms with van der Waals surface area (Å²) in [6.07, 6.45) is 1.59. The highest BCUT2D eigenvalue weighted by Crippen LogP contribution is 2.27. The molecule has 24 heavy (non-hydrogen) atoms. The van der Waals surface area contributed by atoms with Gasteiger partial charge in [0.25, 0.3) is 5.91 Å². The molecule has 0 saturated carbocycles. The van der Waals surface area contributed by atoms with E-state index in [0.717, 1.165) is 4.70 Å². The first-order chi connectivity index (χ1) is 11.6. The van der Waals surface area contributed by atoms with Crippen LogP contribution in [0.25, 0.3) is 10.2 Å². The molecule has 0 radical (unpaired) electrons. The van der Waals surface area contributed by atoms with E-state index in [1.165, 1.54) is 11.3 Å². The molecule has 2 heterocycles. The molecule has 0 bridgehead atoms. The van der Waals surface area contributed by atoms with Crippen molar-refractivity contribution < 1.29 is 14.3 Å². The number of rotatable bonds is 5. The quantitative estimate of drug-likeness (QED) is 0.719. The minimum absolute atomic E-state index is 0.265. The van der Waals surface area contributed by atoms with Crippen LogP contribution in [0.5, 0.6) is 0 Å². The van der Waals surface area contributed by atoms with Crippen LogP contribution in [-0.4, -0.2) is 33.2 Å². The molecule has 0 unspecified atom stereocenters. The molecule has 0 fully saturated rings. The van der Waals surface area contributed by atoms with Gasteiger partial charge in [0.05, 0.1) is 22.4 Å². The van der Waals surface area contributed by atoms with Gasteiger partial charge >= 0.3 is 5.97 Å². The lowest BCUT2D eigenvalue weighted by molar-refractivity contribution is 0.0526. The molecule has 8 heteroatoms. The van der Waals surface area contributed by atoms with Gasteiger partial charge in [0.2, 0.25) is 0 Å². The number of carbonyl (C=O) groups is 2. The van der Waals surface area contributed by atoms with Crippen molar-refractivity contribution >= 4 is 38.6 Å². The smallest absolute Gasteiger partial charge is 0.338 e. The van der Waals surface area contributed by atoms with Crippen LogP contribution >= 0.6 is 11.3 Å². The van der Waals surface area contributed by atoms with Crippen LogP contribution in [0, 0.1) is 0 Å². The van der Waals surface area contributed by atoms with Crippen molar-refractivity contribution in [3.8, 4) is 0 Å². The maximum atomic E-state index is 12.3. The molecule has 2 aromatic heterocycles. The van der Waals surface area contributed by atoms with Crippen LogP contribution in [0.15, 0.2) is 30.5 Å². The summed E-state index contributed by atoms with van der Waals surface area (Å²) in [4.78, 5) is 28.5. The number of carbonyl (C=O) groups excluding carboxylic acids is 2. The molecule has 3 aromatic rings. The normalized spacial score (nSPS) is 10.8. The monoisotopic (exact) mass is 344 g/mol. The maximum absolute atomic E-state index is 12.3. The molecule has 1 aromatic carbocycles. The maximum Gasteiger partial charge on any atom is 0.338 e. The first-order valence-corrected chi connectivity index (χ1v) is 8.35. The van der Waals surface area contributed by atoms with E-state index in [4.69, 9.17) is 4.74 Å². The topological polar surface area (TPSA) is 86.1 Å². The number of nitrogens with zero attached hydrogens (tertiary/aromatic N) is 3. The summed E-state index contributed by atoms with van der Waals surface area (Å²) in [6.45, 7) is 4.61. The third kappa shape index (κ3) is 3.13. The van der Waals surface area contributed by atoms with E-state index in [2.05, 4.69) is 15.4 Å². The van der Waals surface area contributed by atoms with Crippen LogP contribution < -0.4 is 5.32 Å². The van der Waals surface area contributed by atoms with Crippen molar-refractivity contribution in [1.29, 1.82) is 0 Å². The SMILES string of the molecule is CCOC(=O)c1ccc2nc(NC(=O)c3ccnn3CC)sc2c1. The van der Waals surface area contributed by atoms with Gasteiger partial charge in [-0.1, -0.05) is 11.3 Å². The zero-order valence-corrected chi connectivity index (χ0v) is 14.1. The predicted molar refractivity (Wildman–Crippen MR) is 91.4 cm³/mol. The minimum atomic E-state index is -0.370. The molecule has 0 aliphatic carbocycles. The molecule has 0 atom stereocenters. The van der Waals surface area contributed by atoms with Crippen LogP contribution in [0.2, 0.25) is 0 Å². The summed E-state index contributed by atoms with van der Waals surface area (Å²) in [7, 11) is 0. The lowest BCUT2D eigenvalue weighted by atomic mass is 10.2. The first kappa shape index (κ1) is 16.1. The van der Waals surface area contributed by atoms with Gasteiger partial charge in [-0.05, 0) is 38.1 Å². The zero-order valence-electron chi connectivity index (χ0n) is 13.3. The summed E-state index contributed by atoms with van der Waals surface area (Å²) in [5.74, 6) is -0.635. The van der Waals surface area contributed by atoms with Crippen LogP contribution in [0.3, 0.4) is 0 Å². The Hall–Kier alpha value is -2.74. The van der Waals surface area contributed by atoms with Crippen LogP contribution in [0.4, 0.5) is 5.13 Å². The number of nitrogens with one attached hydrogen (secondary N) is 1. The molecular weight excluding hydrogens is 328 g/mol. The summed E-state index contributed by atoms with van der Waals surface area (Å²) in [6, 6.07) is 6.78. The molecular formula is C16H16N4O3S. The number of fused-ring (bicyclic) bond motifs is 1. The van der Waals surface area contributed by atoms with Crippen molar-refractivity contribution in [1.82, 2.24) is 14.8 Å². The van der Waals surface area contributed by atoms with Gasteiger partial charge in [-0.3, -0.25) is 14.8 Å². The molecule has 0 aliphatic heterocycles. The number of anilines is 1. The Balaban J connectivity index is 1.83. The van der Waals surface area contributed by atoms with E-state index in [1.54, 1.807) is 42.1 Å².